The fourth-order valence-corrected chi connectivity index (χ4v) is 3.35. The van der Waals surface area contributed by atoms with Crippen molar-refractivity contribution in [3.8, 4) is 0 Å². The van der Waals surface area contributed by atoms with Gasteiger partial charge in [-0.25, -0.2) is 4.79 Å². The standard InChI is InChI=1S/C19H29O8P/c1-4-16(20)26-18(14(2)3)27-19(17(21)22)28(23,24)25-13-9-8-12-15-10-6-5-7-11-15/h5-7,10-11,14,18-19H,4,8-9,12-13H2,1-3H3,(H,21,22)(H,23,24). The second-order valence-electron chi connectivity index (χ2n) is 6.62. The predicted octanol–water partition coefficient (Wildman–Crippen LogP) is 3.57. The van der Waals surface area contributed by atoms with E-state index in [1.165, 1.54) is 0 Å². The molecule has 3 atom stereocenters. The second kappa shape index (κ2) is 12.0. The molecule has 28 heavy (non-hydrogen) atoms. The lowest BCUT2D eigenvalue weighted by atomic mass is 10.1. The maximum atomic E-state index is 12.4. The van der Waals surface area contributed by atoms with Gasteiger partial charge in [0.2, 0.25) is 6.29 Å². The minimum Gasteiger partial charge on any atom is -0.479 e. The summed E-state index contributed by atoms with van der Waals surface area (Å²) < 4.78 is 27.5. The first-order chi connectivity index (χ1) is 13.2. The van der Waals surface area contributed by atoms with Gasteiger partial charge in [-0.2, -0.15) is 0 Å². The molecule has 0 bridgehead atoms. The number of aliphatic carboxylic acids is 1. The van der Waals surface area contributed by atoms with Crippen LogP contribution < -0.4 is 0 Å². The molecule has 0 saturated carbocycles. The largest absolute Gasteiger partial charge is 0.479 e. The minimum absolute atomic E-state index is 0.0685. The van der Waals surface area contributed by atoms with Crippen molar-refractivity contribution in [2.45, 2.75) is 58.6 Å². The number of aryl methyl sites for hydroxylation is 1. The molecule has 0 amide bonds. The monoisotopic (exact) mass is 416 g/mol. The lowest BCUT2D eigenvalue weighted by Crippen LogP contribution is -2.35. The van der Waals surface area contributed by atoms with E-state index in [1.807, 2.05) is 30.3 Å². The van der Waals surface area contributed by atoms with Crippen molar-refractivity contribution in [2.75, 3.05) is 6.61 Å². The Morgan fingerprint density at radius 3 is 2.32 bits per heavy atom. The van der Waals surface area contributed by atoms with E-state index in [9.17, 15) is 24.2 Å². The number of hydrogen-bond donors (Lipinski definition) is 2. The fourth-order valence-electron chi connectivity index (χ4n) is 2.27. The second-order valence-corrected chi connectivity index (χ2v) is 8.48. The van der Waals surface area contributed by atoms with Crippen molar-refractivity contribution in [3.63, 3.8) is 0 Å². The molecular weight excluding hydrogens is 387 g/mol. The Hall–Kier alpha value is -1.73. The molecule has 1 aromatic rings. The molecule has 1 rings (SSSR count). The fraction of sp³-hybridized carbons (Fsp3) is 0.579. The van der Waals surface area contributed by atoms with Crippen molar-refractivity contribution >= 4 is 19.5 Å². The van der Waals surface area contributed by atoms with Gasteiger partial charge >= 0.3 is 19.5 Å². The molecule has 0 aromatic heterocycles. The predicted molar refractivity (Wildman–Crippen MR) is 103 cm³/mol. The van der Waals surface area contributed by atoms with Crippen LogP contribution in [0.1, 0.15) is 45.6 Å². The molecule has 2 N–H and O–H groups in total. The lowest BCUT2D eigenvalue weighted by Gasteiger charge is -2.27. The summed E-state index contributed by atoms with van der Waals surface area (Å²) >= 11 is 0. The Kier molecular flexibility index (Phi) is 10.4. The Morgan fingerprint density at radius 2 is 1.79 bits per heavy atom. The van der Waals surface area contributed by atoms with Crippen LogP contribution in [0.5, 0.6) is 0 Å². The summed E-state index contributed by atoms with van der Waals surface area (Å²) in [4.78, 5) is 33.0. The van der Waals surface area contributed by atoms with Crippen LogP contribution in [0.4, 0.5) is 0 Å². The van der Waals surface area contributed by atoms with E-state index in [2.05, 4.69) is 0 Å². The number of carbonyl (C=O) groups is 2. The van der Waals surface area contributed by atoms with Gasteiger partial charge in [-0.05, 0) is 24.8 Å². The van der Waals surface area contributed by atoms with Crippen LogP contribution in [0, 0.1) is 5.92 Å². The number of rotatable bonds is 13. The third kappa shape index (κ3) is 8.52. The van der Waals surface area contributed by atoms with Gasteiger partial charge in [-0.1, -0.05) is 51.1 Å². The normalized spacial score (nSPS) is 15.6. The van der Waals surface area contributed by atoms with Gasteiger partial charge in [0.25, 0.3) is 5.85 Å². The maximum Gasteiger partial charge on any atom is 0.368 e. The number of carboxylic acid groups (broad SMARTS) is 1. The van der Waals surface area contributed by atoms with Crippen LogP contribution >= 0.6 is 7.60 Å². The number of unbranched alkanes of at least 4 members (excludes halogenated alkanes) is 1. The summed E-state index contributed by atoms with van der Waals surface area (Å²) in [5.74, 6) is -4.81. The van der Waals surface area contributed by atoms with E-state index in [4.69, 9.17) is 14.0 Å². The van der Waals surface area contributed by atoms with Gasteiger partial charge in [-0.15, -0.1) is 0 Å². The molecule has 0 aliphatic heterocycles. The summed E-state index contributed by atoms with van der Waals surface area (Å²) in [6.45, 7) is 4.76. The third-order valence-electron chi connectivity index (χ3n) is 3.83. The smallest absolute Gasteiger partial charge is 0.368 e. The first-order valence-electron chi connectivity index (χ1n) is 9.26. The maximum absolute atomic E-state index is 12.4. The van der Waals surface area contributed by atoms with Gasteiger partial charge in [0.05, 0.1) is 6.61 Å². The van der Waals surface area contributed by atoms with Crippen LogP contribution in [-0.2, 0) is 34.6 Å². The summed E-state index contributed by atoms with van der Waals surface area (Å²) in [7, 11) is -4.63. The Morgan fingerprint density at radius 1 is 1.14 bits per heavy atom. The van der Waals surface area contributed by atoms with Crippen LogP contribution in [0.3, 0.4) is 0 Å². The molecule has 1 aromatic carbocycles. The topological polar surface area (TPSA) is 119 Å². The number of hydrogen-bond acceptors (Lipinski definition) is 6. The van der Waals surface area contributed by atoms with Crippen molar-refractivity contribution in [1.29, 1.82) is 0 Å². The van der Waals surface area contributed by atoms with Gasteiger partial charge < -0.3 is 24.0 Å². The third-order valence-corrected chi connectivity index (χ3v) is 5.32. The number of carboxylic acids is 1. The zero-order valence-corrected chi connectivity index (χ0v) is 17.3. The summed E-state index contributed by atoms with van der Waals surface area (Å²) in [5.41, 5.74) is 1.14. The SMILES string of the molecule is CCC(=O)OC(OC(C(=O)O)P(=O)(O)OCCCCc1ccccc1)C(C)C. The van der Waals surface area contributed by atoms with Gasteiger partial charge in [-0.3, -0.25) is 9.36 Å². The molecule has 0 aliphatic carbocycles. The van der Waals surface area contributed by atoms with Crippen LogP contribution in [0.15, 0.2) is 30.3 Å². The quantitative estimate of drug-likeness (QED) is 0.217. The number of esters is 1. The highest BCUT2D eigenvalue weighted by atomic mass is 31.2. The van der Waals surface area contributed by atoms with Crippen LogP contribution in [0.2, 0.25) is 0 Å². The molecule has 0 spiro atoms. The van der Waals surface area contributed by atoms with E-state index < -0.39 is 37.6 Å². The molecule has 3 unspecified atom stereocenters. The Bertz CT molecular complexity index is 661. The zero-order chi connectivity index (χ0) is 21.2. The highest BCUT2D eigenvalue weighted by molar-refractivity contribution is 7.54. The molecule has 0 heterocycles. The van der Waals surface area contributed by atoms with Crippen molar-refractivity contribution < 1.29 is 38.2 Å². The molecule has 158 valence electrons. The van der Waals surface area contributed by atoms with E-state index in [1.54, 1.807) is 20.8 Å². The molecule has 0 radical (unpaired) electrons. The van der Waals surface area contributed by atoms with Crippen LogP contribution in [-0.4, -0.2) is 40.7 Å². The van der Waals surface area contributed by atoms with E-state index in [0.29, 0.717) is 12.8 Å². The van der Waals surface area contributed by atoms with E-state index in [-0.39, 0.29) is 13.0 Å². The molecule has 0 fully saturated rings. The average Bonchev–Trinajstić information content (AvgIpc) is 2.64. The van der Waals surface area contributed by atoms with E-state index in [0.717, 1.165) is 12.0 Å². The van der Waals surface area contributed by atoms with Gasteiger partial charge in [0.15, 0.2) is 0 Å². The zero-order valence-electron chi connectivity index (χ0n) is 16.4. The van der Waals surface area contributed by atoms with Crippen LogP contribution in [0.25, 0.3) is 0 Å². The molecule has 9 heteroatoms. The Labute approximate surface area is 165 Å². The van der Waals surface area contributed by atoms with Crippen molar-refractivity contribution in [2.24, 2.45) is 5.92 Å². The number of benzene rings is 1. The Balaban J connectivity index is 2.59. The molecular formula is C19H29O8P. The number of carbonyl (C=O) groups excluding carboxylic acids is 1. The highest BCUT2D eigenvalue weighted by Gasteiger charge is 2.43. The summed E-state index contributed by atoms with van der Waals surface area (Å²) in [6.07, 6.45) is 0.770. The molecule has 0 aliphatic rings. The van der Waals surface area contributed by atoms with Gasteiger partial charge in [0.1, 0.15) is 0 Å². The first kappa shape index (κ1) is 24.3. The highest BCUT2D eigenvalue weighted by Crippen LogP contribution is 2.49. The van der Waals surface area contributed by atoms with Crippen molar-refractivity contribution in [3.05, 3.63) is 35.9 Å². The minimum atomic E-state index is -4.63. The first-order valence-corrected chi connectivity index (χ1v) is 10.9. The van der Waals surface area contributed by atoms with Gasteiger partial charge in [0, 0.05) is 12.3 Å². The molecule has 8 nitrogen and oxygen atoms in total. The number of ether oxygens (including phenoxy) is 2. The summed E-state index contributed by atoms with van der Waals surface area (Å²) in [5, 5.41) is 9.30. The summed E-state index contributed by atoms with van der Waals surface area (Å²) in [6, 6.07) is 9.74. The molecule has 0 saturated heterocycles. The van der Waals surface area contributed by atoms with Crippen molar-refractivity contribution in [1.82, 2.24) is 0 Å². The average molecular weight is 416 g/mol. The lowest BCUT2D eigenvalue weighted by molar-refractivity contribution is -0.200. The van der Waals surface area contributed by atoms with E-state index >= 15 is 0 Å².